The number of nitro groups is 1. The molecule has 0 aliphatic heterocycles. The number of hydrogen-bond acceptors (Lipinski definition) is 5. The van der Waals surface area contributed by atoms with Gasteiger partial charge in [0.15, 0.2) is 0 Å². The molecule has 7 heteroatoms. The van der Waals surface area contributed by atoms with E-state index >= 15 is 0 Å². The number of nitro benzene ring substituents is 1. The summed E-state index contributed by atoms with van der Waals surface area (Å²) in [5.74, 6) is 0.244. The highest BCUT2D eigenvalue weighted by Crippen LogP contribution is 2.37. The van der Waals surface area contributed by atoms with Crippen LogP contribution < -0.4 is 10.5 Å². The van der Waals surface area contributed by atoms with Crippen LogP contribution in [0.5, 0.6) is 11.6 Å². The standard InChI is InChI=1S/C13H12ClN3O3/c1-8-5-9(6-15)7-16-13(8)20-12-10(14)3-2-4-11(12)17(18)19/h2-5,7H,6,15H2,1H3. The second-order valence-corrected chi connectivity index (χ2v) is 4.52. The Hall–Kier alpha value is -2.18. The predicted molar refractivity (Wildman–Crippen MR) is 75.0 cm³/mol. The van der Waals surface area contributed by atoms with Gasteiger partial charge < -0.3 is 10.5 Å². The Morgan fingerprint density at radius 2 is 2.25 bits per heavy atom. The summed E-state index contributed by atoms with van der Waals surface area (Å²) in [5.41, 5.74) is 6.89. The topological polar surface area (TPSA) is 91.3 Å². The number of aryl methyl sites for hydroxylation is 1. The SMILES string of the molecule is Cc1cc(CN)cnc1Oc1c(Cl)cccc1[N+](=O)[O-]. The Bertz CT molecular complexity index is 661. The van der Waals surface area contributed by atoms with Gasteiger partial charge in [-0.25, -0.2) is 4.98 Å². The van der Waals surface area contributed by atoms with Crippen molar-refractivity contribution in [3.05, 3.63) is 56.7 Å². The predicted octanol–water partition coefficient (Wildman–Crippen LogP) is 3.20. The Morgan fingerprint density at radius 3 is 2.85 bits per heavy atom. The van der Waals surface area contributed by atoms with Crippen LogP contribution in [0, 0.1) is 17.0 Å². The third-order valence-electron chi connectivity index (χ3n) is 2.66. The summed E-state index contributed by atoms with van der Waals surface area (Å²) in [4.78, 5) is 14.5. The molecule has 6 nitrogen and oxygen atoms in total. The summed E-state index contributed by atoms with van der Waals surface area (Å²) in [7, 11) is 0. The first-order chi connectivity index (χ1) is 9.52. The highest BCUT2D eigenvalue weighted by atomic mass is 35.5. The number of aromatic nitrogens is 1. The zero-order valence-corrected chi connectivity index (χ0v) is 11.4. The summed E-state index contributed by atoms with van der Waals surface area (Å²) in [6.45, 7) is 2.14. The van der Waals surface area contributed by atoms with Crippen molar-refractivity contribution in [2.75, 3.05) is 0 Å². The van der Waals surface area contributed by atoms with Gasteiger partial charge in [-0.1, -0.05) is 17.7 Å². The molecule has 1 aromatic heterocycles. The van der Waals surface area contributed by atoms with E-state index < -0.39 is 4.92 Å². The normalized spacial score (nSPS) is 10.3. The molecule has 2 aromatic rings. The smallest absolute Gasteiger partial charge is 0.313 e. The molecule has 0 saturated heterocycles. The van der Waals surface area contributed by atoms with Crippen LogP contribution in [0.3, 0.4) is 0 Å². The van der Waals surface area contributed by atoms with Gasteiger partial charge in [0.2, 0.25) is 11.6 Å². The lowest BCUT2D eigenvalue weighted by Crippen LogP contribution is -2.00. The van der Waals surface area contributed by atoms with Crippen molar-refractivity contribution in [3.63, 3.8) is 0 Å². The molecule has 0 unspecified atom stereocenters. The molecule has 0 radical (unpaired) electrons. The van der Waals surface area contributed by atoms with E-state index in [-0.39, 0.29) is 22.3 Å². The third kappa shape index (κ3) is 2.87. The summed E-state index contributed by atoms with van der Waals surface area (Å²) >= 11 is 5.96. The number of nitrogens with zero attached hydrogens (tertiary/aromatic N) is 2. The molecule has 1 heterocycles. The molecular formula is C13H12ClN3O3. The second kappa shape index (κ2) is 5.85. The van der Waals surface area contributed by atoms with Crippen LogP contribution >= 0.6 is 11.6 Å². The van der Waals surface area contributed by atoms with Crippen LogP contribution in [0.25, 0.3) is 0 Å². The lowest BCUT2D eigenvalue weighted by molar-refractivity contribution is -0.385. The quantitative estimate of drug-likeness (QED) is 0.690. The van der Waals surface area contributed by atoms with Gasteiger partial charge in [-0.05, 0) is 24.6 Å². The number of halogens is 1. The molecular weight excluding hydrogens is 282 g/mol. The van der Waals surface area contributed by atoms with Crippen LogP contribution in [0.2, 0.25) is 5.02 Å². The van der Waals surface area contributed by atoms with Crippen molar-refractivity contribution in [1.82, 2.24) is 4.98 Å². The van der Waals surface area contributed by atoms with Gasteiger partial charge >= 0.3 is 5.69 Å². The lowest BCUT2D eigenvalue weighted by atomic mass is 10.2. The average Bonchev–Trinajstić information content (AvgIpc) is 2.42. The van der Waals surface area contributed by atoms with Crippen LogP contribution in [0.4, 0.5) is 5.69 Å². The molecule has 1 aromatic carbocycles. The van der Waals surface area contributed by atoms with E-state index in [1.54, 1.807) is 13.1 Å². The number of rotatable bonds is 4. The van der Waals surface area contributed by atoms with E-state index in [4.69, 9.17) is 22.1 Å². The van der Waals surface area contributed by atoms with Crippen molar-refractivity contribution < 1.29 is 9.66 Å². The Labute approximate surface area is 120 Å². The summed E-state index contributed by atoms with van der Waals surface area (Å²) in [5, 5.41) is 11.1. The van der Waals surface area contributed by atoms with Crippen LogP contribution in [0.1, 0.15) is 11.1 Å². The number of para-hydroxylation sites is 1. The van der Waals surface area contributed by atoms with Gasteiger partial charge in [0.1, 0.15) is 0 Å². The molecule has 0 bridgehead atoms. The van der Waals surface area contributed by atoms with E-state index in [0.717, 1.165) is 11.1 Å². The van der Waals surface area contributed by atoms with E-state index in [1.165, 1.54) is 18.2 Å². The summed E-state index contributed by atoms with van der Waals surface area (Å²) < 4.78 is 5.51. The zero-order valence-electron chi connectivity index (χ0n) is 10.7. The maximum atomic E-state index is 11.0. The first-order valence-corrected chi connectivity index (χ1v) is 6.17. The van der Waals surface area contributed by atoms with Gasteiger partial charge in [0.25, 0.3) is 0 Å². The number of hydrogen-bond donors (Lipinski definition) is 1. The molecule has 0 amide bonds. The summed E-state index contributed by atoms with van der Waals surface area (Å²) in [6, 6.07) is 6.15. The molecule has 0 saturated carbocycles. The molecule has 104 valence electrons. The molecule has 2 rings (SSSR count). The first-order valence-electron chi connectivity index (χ1n) is 5.79. The van der Waals surface area contributed by atoms with Crippen LogP contribution in [-0.4, -0.2) is 9.91 Å². The number of pyridine rings is 1. The largest absolute Gasteiger partial charge is 0.430 e. The maximum Gasteiger partial charge on any atom is 0.313 e. The van der Waals surface area contributed by atoms with Gasteiger partial charge in [-0.2, -0.15) is 0 Å². The maximum absolute atomic E-state index is 11.0. The van der Waals surface area contributed by atoms with Crippen LogP contribution in [-0.2, 0) is 6.54 Å². The minimum atomic E-state index is -0.551. The molecule has 0 fully saturated rings. The molecule has 0 aliphatic carbocycles. The van der Waals surface area contributed by atoms with Gasteiger partial charge in [0.05, 0.1) is 9.95 Å². The third-order valence-corrected chi connectivity index (χ3v) is 2.96. The van der Waals surface area contributed by atoms with Crippen molar-refractivity contribution >= 4 is 17.3 Å². The number of ether oxygens (including phenoxy) is 1. The minimum Gasteiger partial charge on any atom is -0.430 e. The fraction of sp³-hybridized carbons (Fsp3) is 0.154. The van der Waals surface area contributed by atoms with Gasteiger partial charge in [0, 0.05) is 24.4 Å². The molecule has 0 spiro atoms. The van der Waals surface area contributed by atoms with E-state index in [1.807, 2.05) is 6.07 Å². The van der Waals surface area contributed by atoms with Crippen molar-refractivity contribution in [1.29, 1.82) is 0 Å². The fourth-order valence-corrected chi connectivity index (χ4v) is 1.89. The second-order valence-electron chi connectivity index (χ2n) is 4.12. The number of benzene rings is 1. The van der Waals surface area contributed by atoms with E-state index in [2.05, 4.69) is 4.98 Å². The molecule has 20 heavy (non-hydrogen) atoms. The van der Waals surface area contributed by atoms with E-state index in [9.17, 15) is 10.1 Å². The Morgan fingerprint density at radius 1 is 1.50 bits per heavy atom. The van der Waals surface area contributed by atoms with Crippen molar-refractivity contribution in [2.45, 2.75) is 13.5 Å². The van der Waals surface area contributed by atoms with E-state index in [0.29, 0.717) is 6.54 Å². The molecule has 0 atom stereocenters. The van der Waals surface area contributed by atoms with Crippen LogP contribution in [0.15, 0.2) is 30.5 Å². The molecule has 0 aliphatic rings. The Kier molecular flexibility index (Phi) is 4.16. The Balaban J connectivity index is 2.42. The highest BCUT2D eigenvalue weighted by molar-refractivity contribution is 6.32. The van der Waals surface area contributed by atoms with Gasteiger partial charge in [-0.3, -0.25) is 10.1 Å². The first kappa shape index (κ1) is 14.2. The monoisotopic (exact) mass is 293 g/mol. The highest BCUT2D eigenvalue weighted by Gasteiger charge is 2.20. The number of nitrogens with two attached hydrogens (primary N) is 1. The lowest BCUT2D eigenvalue weighted by Gasteiger charge is -2.10. The average molecular weight is 294 g/mol. The van der Waals surface area contributed by atoms with Crippen molar-refractivity contribution in [2.24, 2.45) is 5.73 Å². The van der Waals surface area contributed by atoms with Gasteiger partial charge in [-0.15, -0.1) is 0 Å². The fourth-order valence-electron chi connectivity index (χ4n) is 1.68. The summed E-state index contributed by atoms with van der Waals surface area (Å²) in [6.07, 6.45) is 1.56. The zero-order chi connectivity index (χ0) is 14.7. The minimum absolute atomic E-state index is 0.0183. The molecule has 2 N–H and O–H groups in total. The van der Waals surface area contributed by atoms with Crippen molar-refractivity contribution in [3.8, 4) is 11.6 Å².